The Kier molecular flexibility index (Phi) is 19.0. The van der Waals surface area contributed by atoms with E-state index >= 15 is 0 Å². The monoisotopic (exact) mass is 892 g/mol. The molecule has 0 aliphatic carbocycles. The van der Waals surface area contributed by atoms with Crippen molar-refractivity contribution in [2.45, 2.75) is 77.6 Å². The van der Waals surface area contributed by atoms with E-state index in [1.54, 1.807) is 21.1 Å². The zero-order valence-electron chi connectivity index (χ0n) is 39.2. The van der Waals surface area contributed by atoms with Crippen LogP contribution in [0.15, 0.2) is 134 Å². The number of esters is 3. The molecule has 0 spiro atoms. The molecule has 4 aromatic rings. The number of carbonyl (C=O) groups excluding carboxylic acids is 3. The van der Waals surface area contributed by atoms with Crippen LogP contribution in [0.4, 0.5) is 0 Å². The molecule has 12 heteroatoms. The molecule has 0 radical (unpaired) electrons. The Morgan fingerprint density at radius 3 is 0.923 bits per heavy atom. The third-order valence-electron chi connectivity index (χ3n) is 10.8. The van der Waals surface area contributed by atoms with E-state index in [2.05, 4.69) is 59.6 Å². The van der Waals surface area contributed by atoms with E-state index in [0.717, 1.165) is 28.0 Å². The van der Waals surface area contributed by atoms with Crippen LogP contribution in [0.2, 0.25) is 0 Å². The van der Waals surface area contributed by atoms with Crippen LogP contribution in [0.25, 0.3) is 0 Å². The molecule has 3 unspecified atom stereocenters. The van der Waals surface area contributed by atoms with Crippen molar-refractivity contribution in [2.75, 3.05) is 53.9 Å². The van der Waals surface area contributed by atoms with E-state index in [-0.39, 0.29) is 54.5 Å². The molecule has 0 aliphatic rings. The summed E-state index contributed by atoms with van der Waals surface area (Å²) in [4.78, 5) is 35.8. The first-order chi connectivity index (χ1) is 30.8. The van der Waals surface area contributed by atoms with Crippen molar-refractivity contribution in [3.63, 3.8) is 0 Å². The highest BCUT2D eigenvalue weighted by Gasteiger charge is 2.26. The van der Waals surface area contributed by atoms with Gasteiger partial charge >= 0.3 is 17.9 Å². The summed E-state index contributed by atoms with van der Waals surface area (Å²) in [6.45, 7) is 24.7. The molecule has 0 amide bonds. The topological polar surface area (TPSA) is 134 Å². The quantitative estimate of drug-likeness (QED) is 0.0338. The SMILES string of the molecule is C=C(C)C(=O)OCC(COc1ccc(C(C)(C)c2ccc(OCC(COc3ccc(C(C)(C)c4ccc(OCC(COC(=O)C(=C)C)OC(=O)C(=C)C)cc4)cc3)OC)cc2)cc1)OC. The van der Waals surface area contributed by atoms with Gasteiger partial charge in [-0.15, -0.1) is 0 Å². The highest BCUT2D eigenvalue weighted by atomic mass is 16.6. The molecule has 0 aliphatic heterocycles. The third kappa shape index (κ3) is 15.4. The van der Waals surface area contributed by atoms with Crippen molar-refractivity contribution in [1.29, 1.82) is 0 Å². The summed E-state index contributed by atoms with van der Waals surface area (Å²) < 4.78 is 51.0. The Balaban J connectivity index is 1.25. The molecule has 0 heterocycles. The van der Waals surface area contributed by atoms with E-state index in [1.807, 2.05) is 84.9 Å². The average molecular weight is 893 g/mol. The maximum atomic E-state index is 12.2. The summed E-state index contributed by atoms with van der Waals surface area (Å²) in [5.41, 5.74) is 4.53. The van der Waals surface area contributed by atoms with Crippen LogP contribution in [-0.4, -0.2) is 90.1 Å². The van der Waals surface area contributed by atoms with E-state index < -0.39 is 30.1 Å². The lowest BCUT2D eigenvalue weighted by Crippen LogP contribution is -2.31. The van der Waals surface area contributed by atoms with Gasteiger partial charge in [-0.3, -0.25) is 0 Å². The van der Waals surface area contributed by atoms with E-state index in [0.29, 0.717) is 36.0 Å². The largest absolute Gasteiger partial charge is 0.491 e. The van der Waals surface area contributed by atoms with Gasteiger partial charge in [-0.25, -0.2) is 14.4 Å². The number of rotatable bonds is 26. The van der Waals surface area contributed by atoms with Gasteiger partial charge in [0.1, 0.15) is 74.8 Å². The molecular formula is C53H64O12. The zero-order valence-corrected chi connectivity index (χ0v) is 39.2. The lowest BCUT2D eigenvalue weighted by molar-refractivity contribution is -0.155. The predicted octanol–water partition coefficient (Wildman–Crippen LogP) is 9.31. The maximum Gasteiger partial charge on any atom is 0.333 e. The molecular weight excluding hydrogens is 829 g/mol. The van der Waals surface area contributed by atoms with Crippen molar-refractivity contribution in [3.05, 3.63) is 156 Å². The molecule has 4 rings (SSSR count). The average Bonchev–Trinajstić information content (AvgIpc) is 3.30. The zero-order chi connectivity index (χ0) is 47.7. The van der Waals surface area contributed by atoms with Gasteiger partial charge in [0.15, 0.2) is 6.10 Å². The summed E-state index contributed by atoms with van der Waals surface area (Å²) in [6.07, 6.45) is -1.56. The van der Waals surface area contributed by atoms with Crippen molar-refractivity contribution < 1.29 is 57.0 Å². The number of methoxy groups -OCH3 is 2. The molecule has 3 atom stereocenters. The Labute approximate surface area is 384 Å². The number of benzene rings is 4. The van der Waals surface area contributed by atoms with E-state index in [4.69, 9.17) is 42.6 Å². The molecule has 0 saturated carbocycles. The van der Waals surface area contributed by atoms with Crippen molar-refractivity contribution >= 4 is 17.9 Å². The normalized spacial score (nSPS) is 12.8. The molecule has 65 heavy (non-hydrogen) atoms. The van der Waals surface area contributed by atoms with Gasteiger partial charge in [-0.05, 0) is 91.6 Å². The number of carbonyl (C=O) groups is 3. The van der Waals surface area contributed by atoms with E-state index in [9.17, 15) is 14.4 Å². The molecule has 0 aromatic heterocycles. The van der Waals surface area contributed by atoms with Crippen LogP contribution in [0.3, 0.4) is 0 Å². The Morgan fingerprint density at radius 2 is 0.662 bits per heavy atom. The van der Waals surface area contributed by atoms with Gasteiger partial charge in [-0.2, -0.15) is 0 Å². The Hall–Kier alpha value is -6.37. The molecule has 0 bridgehead atoms. The lowest BCUT2D eigenvalue weighted by Gasteiger charge is -2.27. The summed E-state index contributed by atoms with van der Waals surface area (Å²) in [5, 5.41) is 0. The maximum absolute atomic E-state index is 12.2. The second-order valence-electron chi connectivity index (χ2n) is 16.9. The number of hydrogen-bond acceptors (Lipinski definition) is 12. The van der Waals surface area contributed by atoms with Gasteiger partial charge in [0, 0.05) is 41.8 Å². The lowest BCUT2D eigenvalue weighted by atomic mass is 9.78. The minimum atomic E-state index is -0.834. The summed E-state index contributed by atoms with van der Waals surface area (Å²) in [7, 11) is 3.18. The van der Waals surface area contributed by atoms with Gasteiger partial charge in [0.2, 0.25) is 0 Å². The van der Waals surface area contributed by atoms with Gasteiger partial charge in [-0.1, -0.05) is 96.0 Å². The fourth-order valence-electron chi connectivity index (χ4n) is 6.28. The molecule has 0 saturated heterocycles. The molecule has 4 aromatic carbocycles. The van der Waals surface area contributed by atoms with Gasteiger partial charge in [0.25, 0.3) is 0 Å². The van der Waals surface area contributed by atoms with Crippen LogP contribution in [-0.2, 0) is 48.9 Å². The smallest absolute Gasteiger partial charge is 0.333 e. The molecule has 12 nitrogen and oxygen atoms in total. The minimum absolute atomic E-state index is 0.0253. The Morgan fingerprint density at radius 1 is 0.415 bits per heavy atom. The second-order valence-corrected chi connectivity index (χ2v) is 16.9. The molecule has 0 fully saturated rings. The molecule has 0 N–H and O–H groups in total. The van der Waals surface area contributed by atoms with Crippen molar-refractivity contribution in [3.8, 4) is 23.0 Å². The summed E-state index contributed by atoms with van der Waals surface area (Å²) in [5.74, 6) is 1.03. The summed E-state index contributed by atoms with van der Waals surface area (Å²) >= 11 is 0. The fraction of sp³-hybridized carbons (Fsp3) is 0.377. The van der Waals surface area contributed by atoms with Crippen molar-refractivity contribution in [1.82, 2.24) is 0 Å². The van der Waals surface area contributed by atoms with Crippen LogP contribution < -0.4 is 18.9 Å². The minimum Gasteiger partial charge on any atom is -0.491 e. The van der Waals surface area contributed by atoms with Crippen LogP contribution in [0.5, 0.6) is 23.0 Å². The summed E-state index contributed by atoms with van der Waals surface area (Å²) in [6, 6.07) is 31.6. The van der Waals surface area contributed by atoms with Crippen LogP contribution in [0.1, 0.15) is 70.7 Å². The van der Waals surface area contributed by atoms with Gasteiger partial charge < -0.3 is 42.6 Å². The first-order valence-electron chi connectivity index (χ1n) is 21.3. The van der Waals surface area contributed by atoms with Gasteiger partial charge in [0.05, 0.1) is 0 Å². The number of ether oxygens (including phenoxy) is 9. The van der Waals surface area contributed by atoms with E-state index in [1.165, 1.54) is 13.8 Å². The predicted molar refractivity (Wildman–Crippen MR) is 250 cm³/mol. The van der Waals surface area contributed by atoms with Crippen LogP contribution >= 0.6 is 0 Å². The third-order valence-corrected chi connectivity index (χ3v) is 10.8. The first-order valence-corrected chi connectivity index (χ1v) is 21.3. The number of hydrogen-bond donors (Lipinski definition) is 0. The van der Waals surface area contributed by atoms with Crippen molar-refractivity contribution in [2.24, 2.45) is 0 Å². The van der Waals surface area contributed by atoms with Crippen LogP contribution in [0, 0.1) is 0 Å². The standard InChI is InChI=1S/C53H64O12/c1-35(2)49(54)63-32-47(58-12)31-61-44-25-17-40(18-26-44)52(7,8)38-13-21-42(22-14-38)59-29-46(57-11)30-60-43-23-15-39(16-24-43)53(9,10)41-19-27-45(28-20-41)62-33-48(65-51(56)37(5)6)34-64-50(55)36(3)4/h13-28,46-48H,1,3,5,29-34H2,2,4,6-12H3. The fourth-order valence-corrected chi connectivity index (χ4v) is 6.28. The second kappa shape index (κ2) is 24.1. The Bertz CT molecular complexity index is 2200. The highest BCUT2D eigenvalue weighted by Crippen LogP contribution is 2.35. The first kappa shape index (κ1) is 51.3. The highest BCUT2D eigenvalue weighted by molar-refractivity contribution is 5.88. The molecule has 348 valence electrons.